The summed E-state index contributed by atoms with van der Waals surface area (Å²) >= 11 is 0. The first kappa shape index (κ1) is 19.2. The summed E-state index contributed by atoms with van der Waals surface area (Å²) in [5.74, 6) is -0.107. The van der Waals surface area contributed by atoms with Gasteiger partial charge >= 0.3 is 6.18 Å². The van der Waals surface area contributed by atoms with Crippen molar-refractivity contribution in [2.45, 2.75) is 6.18 Å². The number of benzene rings is 3. The van der Waals surface area contributed by atoms with E-state index in [2.05, 4.69) is 4.99 Å². The van der Waals surface area contributed by atoms with Crippen LogP contribution in [0.4, 0.5) is 30.2 Å². The molecule has 0 spiro atoms. The molecule has 3 rings (SSSR count). The summed E-state index contributed by atoms with van der Waals surface area (Å²) in [5, 5.41) is 12.8. The van der Waals surface area contributed by atoms with E-state index in [9.17, 15) is 23.3 Å². The SMILES string of the molecule is CN(C(N)=Nc1cccc2ccccc12)c1cc([N+](=O)[O-])cc(C(F)(F)F)c1. The minimum absolute atomic E-state index is 0.0944. The van der Waals surface area contributed by atoms with E-state index in [1.165, 1.54) is 11.9 Å². The van der Waals surface area contributed by atoms with Gasteiger partial charge in [-0.2, -0.15) is 13.2 Å². The Morgan fingerprint density at radius 1 is 1.11 bits per heavy atom. The van der Waals surface area contributed by atoms with Gasteiger partial charge in [-0.15, -0.1) is 0 Å². The van der Waals surface area contributed by atoms with Crippen LogP contribution in [0, 0.1) is 10.1 Å². The van der Waals surface area contributed by atoms with Gasteiger partial charge in [0.25, 0.3) is 5.69 Å². The first-order valence-corrected chi connectivity index (χ1v) is 8.09. The van der Waals surface area contributed by atoms with Crippen molar-refractivity contribution in [2.75, 3.05) is 11.9 Å². The fourth-order valence-corrected chi connectivity index (χ4v) is 2.69. The molecule has 0 aliphatic carbocycles. The minimum atomic E-state index is -4.73. The molecule has 0 amide bonds. The number of aliphatic imine (C=N–C) groups is 1. The molecule has 28 heavy (non-hydrogen) atoms. The molecule has 3 aromatic rings. The van der Waals surface area contributed by atoms with Crippen LogP contribution in [0.25, 0.3) is 10.8 Å². The Labute approximate surface area is 157 Å². The number of nitro groups is 1. The highest BCUT2D eigenvalue weighted by Crippen LogP contribution is 2.35. The molecule has 6 nitrogen and oxygen atoms in total. The van der Waals surface area contributed by atoms with Crippen LogP contribution < -0.4 is 10.6 Å². The zero-order valence-electron chi connectivity index (χ0n) is 14.6. The number of alkyl halides is 3. The number of non-ortho nitro benzene ring substituents is 1. The van der Waals surface area contributed by atoms with Crippen molar-refractivity contribution in [1.82, 2.24) is 0 Å². The van der Waals surface area contributed by atoms with Gasteiger partial charge in [-0.1, -0.05) is 36.4 Å². The third-order valence-corrected chi connectivity index (χ3v) is 4.17. The fourth-order valence-electron chi connectivity index (χ4n) is 2.69. The number of hydrogen-bond acceptors (Lipinski definition) is 3. The molecule has 0 fully saturated rings. The van der Waals surface area contributed by atoms with Gasteiger partial charge in [-0.25, -0.2) is 4.99 Å². The van der Waals surface area contributed by atoms with Gasteiger partial charge in [0.15, 0.2) is 0 Å². The first-order chi connectivity index (χ1) is 13.2. The second kappa shape index (κ2) is 7.18. The number of rotatable bonds is 3. The molecule has 0 aromatic heterocycles. The molecule has 0 saturated heterocycles. The molecule has 0 bridgehead atoms. The lowest BCUT2D eigenvalue weighted by atomic mass is 10.1. The highest BCUT2D eigenvalue weighted by Gasteiger charge is 2.33. The van der Waals surface area contributed by atoms with Crippen LogP contribution >= 0.6 is 0 Å². The van der Waals surface area contributed by atoms with E-state index in [-0.39, 0.29) is 11.6 Å². The second-order valence-electron chi connectivity index (χ2n) is 6.02. The molecule has 3 aromatic carbocycles. The number of guanidine groups is 1. The van der Waals surface area contributed by atoms with Gasteiger partial charge in [0.1, 0.15) is 0 Å². The monoisotopic (exact) mass is 388 g/mol. The van der Waals surface area contributed by atoms with Crippen molar-refractivity contribution in [2.24, 2.45) is 10.7 Å². The van der Waals surface area contributed by atoms with Gasteiger partial charge < -0.3 is 10.6 Å². The molecular formula is C19H15F3N4O2. The zero-order valence-corrected chi connectivity index (χ0v) is 14.6. The number of fused-ring (bicyclic) bond motifs is 1. The third-order valence-electron chi connectivity index (χ3n) is 4.17. The van der Waals surface area contributed by atoms with Gasteiger partial charge in [0.2, 0.25) is 5.96 Å². The van der Waals surface area contributed by atoms with Crippen LogP contribution in [-0.4, -0.2) is 17.9 Å². The molecule has 0 atom stereocenters. The first-order valence-electron chi connectivity index (χ1n) is 8.09. The van der Waals surface area contributed by atoms with E-state index >= 15 is 0 Å². The van der Waals surface area contributed by atoms with Gasteiger partial charge in [-0.3, -0.25) is 10.1 Å². The number of halogens is 3. The minimum Gasteiger partial charge on any atom is -0.369 e. The van der Waals surface area contributed by atoms with Crippen molar-refractivity contribution < 1.29 is 18.1 Å². The van der Waals surface area contributed by atoms with Gasteiger partial charge in [0, 0.05) is 24.6 Å². The molecule has 9 heteroatoms. The number of nitrogens with zero attached hydrogens (tertiary/aromatic N) is 3. The molecule has 0 aliphatic rings. The Bertz CT molecular complexity index is 1070. The summed E-state index contributed by atoms with van der Waals surface area (Å²) in [7, 11) is 1.39. The van der Waals surface area contributed by atoms with E-state index in [4.69, 9.17) is 5.73 Å². The number of nitro benzene ring substituents is 1. The van der Waals surface area contributed by atoms with Gasteiger partial charge in [-0.05, 0) is 17.5 Å². The lowest BCUT2D eigenvalue weighted by molar-refractivity contribution is -0.385. The normalized spacial score (nSPS) is 12.2. The van der Waals surface area contributed by atoms with Crippen LogP contribution in [0.5, 0.6) is 0 Å². The molecule has 0 aliphatic heterocycles. The molecule has 0 saturated carbocycles. The average molecular weight is 388 g/mol. The standard InChI is InChI=1S/C19H15F3N4O2/c1-25(14-9-13(19(20,21)22)10-15(11-14)26(27)28)18(23)24-17-8-4-6-12-5-2-3-7-16(12)17/h2-11H,1H3,(H2,23,24). The highest BCUT2D eigenvalue weighted by atomic mass is 19.4. The van der Waals surface area contributed by atoms with Crippen LogP contribution in [0.2, 0.25) is 0 Å². The summed E-state index contributed by atoms with van der Waals surface area (Å²) < 4.78 is 39.3. The Kier molecular flexibility index (Phi) is 4.91. The van der Waals surface area contributed by atoms with Crippen LogP contribution in [0.15, 0.2) is 65.7 Å². The maximum absolute atomic E-state index is 13.1. The van der Waals surface area contributed by atoms with E-state index in [0.29, 0.717) is 11.8 Å². The lowest BCUT2D eigenvalue weighted by Crippen LogP contribution is -2.33. The lowest BCUT2D eigenvalue weighted by Gasteiger charge is -2.19. The maximum atomic E-state index is 13.1. The summed E-state index contributed by atoms with van der Waals surface area (Å²) in [6, 6.07) is 15.1. The highest BCUT2D eigenvalue weighted by molar-refractivity contribution is 6.00. The summed E-state index contributed by atoms with van der Waals surface area (Å²) in [6.45, 7) is 0. The van der Waals surface area contributed by atoms with Crippen molar-refractivity contribution in [3.05, 3.63) is 76.3 Å². The Hall–Kier alpha value is -3.62. The van der Waals surface area contributed by atoms with E-state index in [1.54, 1.807) is 12.1 Å². The average Bonchev–Trinajstić information content (AvgIpc) is 2.66. The van der Waals surface area contributed by atoms with Gasteiger partial charge in [0.05, 0.1) is 21.9 Å². The quantitative estimate of drug-likeness (QED) is 0.301. The largest absolute Gasteiger partial charge is 0.416 e. The van der Waals surface area contributed by atoms with E-state index in [1.807, 2.05) is 30.3 Å². The predicted molar refractivity (Wildman–Crippen MR) is 102 cm³/mol. The Morgan fingerprint density at radius 2 is 1.79 bits per heavy atom. The number of nitrogens with two attached hydrogens (primary N) is 1. The van der Waals surface area contributed by atoms with E-state index in [0.717, 1.165) is 22.9 Å². The molecule has 144 valence electrons. The predicted octanol–water partition coefficient (Wildman–Crippen LogP) is 4.85. The molecule has 0 radical (unpaired) electrons. The topological polar surface area (TPSA) is 84.8 Å². The van der Waals surface area contributed by atoms with Crippen molar-refractivity contribution in [3.63, 3.8) is 0 Å². The van der Waals surface area contributed by atoms with Crippen molar-refractivity contribution in [3.8, 4) is 0 Å². The maximum Gasteiger partial charge on any atom is 0.416 e. The molecule has 2 N–H and O–H groups in total. The second-order valence-corrected chi connectivity index (χ2v) is 6.02. The summed E-state index contributed by atoms with van der Waals surface area (Å²) in [4.78, 5) is 15.6. The number of anilines is 1. The Balaban J connectivity index is 2.05. The van der Waals surface area contributed by atoms with Crippen molar-refractivity contribution in [1.29, 1.82) is 0 Å². The van der Waals surface area contributed by atoms with Crippen LogP contribution in [-0.2, 0) is 6.18 Å². The summed E-state index contributed by atoms with van der Waals surface area (Å²) in [6.07, 6.45) is -4.73. The molecular weight excluding hydrogens is 373 g/mol. The third kappa shape index (κ3) is 3.88. The molecule has 0 unspecified atom stereocenters. The summed E-state index contributed by atoms with van der Waals surface area (Å²) in [5.41, 5.74) is 4.60. The smallest absolute Gasteiger partial charge is 0.369 e. The van der Waals surface area contributed by atoms with Crippen LogP contribution in [0.3, 0.4) is 0 Å². The Morgan fingerprint density at radius 3 is 2.46 bits per heavy atom. The number of hydrogen-bond donors (Lipinski definition) is 1. The van der Waals surface area contributed by atoms with Crippen LogP contribution in [0.1, 0.15) is 5.56 Å². The van der Waals surface area contributed by atoms with Crippen molar-refractivity contribution >= 4 is 33.8 Å². The van der Waals surface area contributed by atoms with E-state index < -0.39 is 22.4 Å². The zero-order chi connectivity index (χ0) is 20.5. The fraction of sp³-hybridized carbons (Fsp3) is 0.105. The molecule has 0 heterocycles.